The number of aromatic nitrogens is 3. The Balaban J connectivity index is 1.43. The Labute approximate surface area is 208 Å². The third-order valence-corrected chi connectivity index (χ3v) is 6.63. The number of amides is 2. The number of nitrogens with zero attached hydrogens (tertiary/aromatic N) is 5. The zero-order valence-electron chi connectivity index (χ0n) is 20.6. The summed E-state index contributed by atoms with van der Waals surface area (Å²) in [5.74, 6) is 0.516. The number of rotatable bonds is 9. The monoisotopic (exact) mass is 501 g/mol. The smallest absolute Gasteiger partial charge is 0.239 e. The minimum absolute atomic E-state index is 0.104. The third-order valence-electron chi connectivity index (χ3n) is 5.61. The third kappa shape index (κ3) is 6.08. The highest BCUT2D eigenvalue weighted by Crippen LogP contribution is 2.34. The summed E-state index contributed by atoms with van der Waals surface area (Å²) in [4.78, 5) is 33.2. The molecule has 0 spiro atoms. The predicted octanol–water partition coefficient (Wildman–Crippen LogP) is 3.37. The molecule has 1 aromatic carbocycles. The molecule has 2 aromatic heterocycles. The van der Waals surface area contributed by atoms with Crippen LogP contribution in [0.5, 0.6) is 0 Å². The molecule has 0 atom stereocenters. The topological polar surface area (TPSA) is 94.9 Å². The Hall–Kier alpha value is -3.21. The van der Waals surface area contributed by atoms with Gasteiger partial charge in [0, 0.05) is 44.2 Å². The second-order valence-electron chi connectivity index (χ2n) is 9.81. The maximum absolute atomic E-state index is 13.4. The number of carbonyl (C=O) groups is 2. The molecule has 11 heteroatoms. The SMILES string of the molecule is CN(CC(=O)NCCCN1CCCC1=O)c1nn2c(NC(C)(C)C)c(-c3ccc(F)cc3)nc2s1. The lowest BCUT2D eigenvalue weighted by Gasteiger charge is -2.22. The normalized spacial score (nSPS) is 14.1. The van der Waals surface area contributed by atoms with E-state index < -0.39 is 0 Å². The first-order valence-electron chi connectivity index (χ1n) is 11.8. The highest BCUT2D eigenvalue weighted by atomic mass is 32.1. The standard InChI is InChI=1S/C24H32FN7O2S/c1-24(2,3)28-21-20(16-8-10-17(25)11-9-16)27-22-32(21)29-23(35-22)30(4)15-18(33)26-12-6-14-31-13-5-7-19(31)34/h8-11,28H,5-7,12-15H2,1-4H3,(H,26,33). The summed E-state index contributed by atoms with van der Waals surface area (Å²) in [5.41, 5.74) is 1.24. The Kier molecular flexibility index (Phi) is 7.25. The van der Waals surface area contributed by atoms with Crippen LogP contribution in [0.3, 0.4) is 0 Å². The molecule has 4 rings (SSSR count). The van der Waals surface area contributed by atoms with Crippen molar-refractivity contribution in [1.82, 2.24) is 24.8 Å². The molecule has 0 aliphatic carbocycles. The largest absolute Gasteiger partial charge is 0.364 e. The van der Waals surface area contributed by atoms with Crippen molar-refractivity contribution in [3.8, 4) is 11.3 Å². The molecule has 0 bridgehead atoms. The summed E-state index contributed by atoms with van der Waals surface area (Å²) in [6.45, 7) is 8.32. The van der Waals surface area contributed by atoms with Gasteiger partial charge in [-0.1, -0.05) is 11.3 Å². The molecule has 9 nitrogen and oxygen atoms in total. The van der Waals surface area contributed by atoms with E-state index in [1.807, 2.05) is 32.7 Å². The first-order valence-corrected chi connectivity index (χ1v) is 12.6. The Morgan fingerprint density at radius 1 is 1.26 bits per heavy atom. The number of nitrogens with one attached hydrogen (secondary N) is 2. The molecule has 1 fully saturated rings. The molecule has 0 unspecified atom stereocenters. The molecule has 188 valence electrons. The first kappa shape index (κ1) is 24.9. The summed E-state index contributed by atoms with van der Waals surface area (Å²) in [6.07, 6.45) is 2.29. The van der Waals surface area contributed by atoms with Crippen molar-refractivity contribution >= 4 is 39.1 Å². The maximum atomic E-state index is 13.4. The molecule has 2 amide bonds. The van der Waals surface area contributed by atoms with E-state index in [2.05, 4.69) is 10.6 Å². The predicted molar refractivity (Wildman–Crippen MR) is 136 cm³/mol. The van der Waals surface area contributed by atoms with Crippen molar-refractivity contribution in [2.45, 2.75) is 45.6 Å². The van der Waals surface area contributed by atoms with E-state index in [4.69, 9.17) is 10.1 Å². The lowest BCUT2D eigenvalue weighted by Crippen LogP contribution is -2.37. The van der Waals surface area contributed by atoms with Gasteiger partial charge in [-0.15, -0.1) is 5.10 Å². The van der Waals surface area contributed by atoms with Gasteiger partial charge in [-0.05, 0) is 57.9 Å². The number of likely N-dealkylation sites (tertiary alicyclic amines) is 1. The molecule has 3 aromatic rings. The van der Waals surface area contributed by atoms with Crippen molar-refractivity contribution in [1.29, 1.82) is 0 Å². The second-order valence-corrected chi connectivity index (χ2v) is 10.7. The maximum Gasteiger partial charge on any atom is 0.239 e. The van der Waals surface area contributed by atoms with Crippen LogP contribution in [0.1, 0.15) is 40.0 Å². The van der Waals surface area contributed by atoms with Crippen LogP contribution in [0.2, 0.25) is 0 Å². The van der Waals surface area contributed by atoms with E-state index in [0.29, 0.717) is 35.3 Å². The quantitative estimate of drug-likeness (QED) is 0.437. The van der Waals surface area contributed by atoms with Gasteiger partial charge in [0.15, 0.2) is 5.82 Å². The number of hydrogen-bond donors (Lipinski definition) is 2. The Morgan fingerprint density at radius 3 is 2.66 bits per heavy atom. The van der Waals surface area contributed by atoms with Crippen LogP contribution in [-0.4, -0.2) is 70.1 Å². The van der Waals surface area contributed by atoms with Gasteiger partial charge in [-0.2, -0.15) is 4.52 Å². The van der Waals surface area contributed by atoms with E-state index in [9.17, 15) is 14.0 Å². The van der Waals surface area contributed by atoms with Crippen LogP contribution >= 0.6 is 11.3 Å². The Morgan fingerprint density at radius 2 is 2.00 bits per heavy atom. The van der Waals surface area contributed by atoms with Crippen molar-refractivity contribution < 1.29 is 14.0 Å². The minimum Gasteiger partial charge on any atom is -0.364 e. The van der Waals surface area contributed by atoms with Crippen molar-refractivity contribution in [3.63, 3.8) is 0 Å². The first-order chi connectivity index (χ1) is 16.6. The Bertz CT molecular complexity index is 1200. The molecule has 0 saturated carbocycles. The lowest BCUT2D eigenvalue weighted by atomic mass is 10.1. The molecule has 3 heterocycles. The van der Waals surface area contributed by atoms with Crippen LogP contribution in [-0.2, 0) is 9.59 Å². The van der Waals surface area contributed by atoms with Crippen LogP contribution in [0.4, 0.5) is 15.3 Å². The van der Waals surface area contributed by atoms with Crippen LogP contribution in [0.15, 0.2) is 24.3 Å². The average molecular weight is 502 g/mol. The number of imidazole rings is 1. The van der Waals surface area contributed by atoms with E-state index in [1.165, 1.54) is 23.5 Å². The van der Waals surface area contributed by atoms with Gasteiger partial charge < -0.3 is 20.4 Å². The van der Waals surface area contributed by atoms with Gasteiger partial charge >= 0.3 is 0 Å². The fourth-order valence-corrected chi connectivity index (χ4v) is 4.81. The zero-order valence-corrected chi connectivity index (χ0v) is 21.4. The van der Waals surface area contributed by atoms with E-state index in [-0.39, 0.29) is 29.7 Å². The average Bonchev–Trinajstić information content (AvgIpc) is 3.47. The van der Waals surface area contributed by atoms with Gasteiger partial charge in [0.1, 0.15) is 11.5 Å². The molecule has 1 aliphatic heterocycles. The van der Waals surface area contributed by atoms with E-state index in [0.717, 1.165) is 30.8 Å². The highest BCUT2D eigenvalue weighted by Gasteiger charge is 2.23. The highest BCUT2D eigenvalue weighted by molar-refractivity contribution is 7.20. The van der Waals surface area contributed by atoms with E-state index >= 15 is 0 Å². The number of likely N-dealkylation sites (N-methyl/N-ethyl adjacent to an activating group) is 1. The molecule has 1 aliphatic rings. The van der Waals surface area contributed by atoms with Gasteiger partial charge in [-0.25, -0.2) is 9.37 Å². The molecular formula is C24H32FN7O2S. The number of fused-ring (bicyclic) bond motifs is 1. The summed E-state index contributed by atoms with van der Waals surface area (Å²) in [6, 6.07) is 6.23. The van der Waals surface area contributed by atoms with Gasteiger partial charge in [0.2, 0.25) is 21.9 Å². The summed E-state index contributed by atoms with van der Waals surface area (Å²) >= 11 is 1.38. The van der Waals surface area contributed by atoms with Crippen LogP contribution < -0.4 is 15.5 Å². The summed E-state index contributed by atoms with van der Waals surface area (Å²) in [7, 11) is 1.82. The number of halogens is 1. The number of carbonyl (C=O) groups excluding carboxylic acids is 2. The van der Waals surface area contributed by atoms with Gasteiger partial charge in [0.25, 0.3) is 0 Å². The van der Waals surface area contributed by atoms with Gasteiger partial charge in [-0.3, -0.25) is 9.59 Å². The molecular weight excluding hydrogens is 469 g/mol. The summed E-state index contributed by atoms with van der Waals surface area (Å²) in [5, 5.41) is 11.8. The second kappa shape index (κ2) is 10.2. The van der Waals surface area contributed by atoms with Crippen LogP contribution in [0, 0.1) is 5.82 Å². The van der Waals surface area contributed by atoms with Crippen molar-refractivity contribution in [2.24, 2.45) is 0 Å². The van der Waals surface area contributed by atoms with Crippen molar-refractivity contribution in [2.75, 3.05) is 43.4 Å². The molecule has 2 N–H and O–H groups in total. The van der Waals surface area contributed by atoms with Crippen molar-refractivity contribution in [3.05, 3.63) is 30.1 Å². The fourth-order valence-electron chi connectivity index (χ4n) is 3.95. The number of anilines is 2. The number of hydrogen-bond acceptors (Lipinski definition) is 7. The minimum atomic E-state index is -0.301. The van der Waals surface area contributed by atoms with E-state index in [1.54, 1.807) is 21.5 Å². The summed E-state index contributed by atoms with van der Waals surface area (Å²) < 4.78 is 15.2. The zero-order chi connectivity index (χ0) is 25.2. The molecule has 0 radical (unpaired) electrons. The number of benzene rings is 1. The molecule has 1 saturated heterocycles. The fraction of sp³-hybridized carbons (Fsp3) is 0.500. The lowest BCUT2D eigenvalue weighted by molar-refractivity contribution is -0.127. The van der Waals surface area contributed by atoms with Gasteiger partial charge in [0.05, 0.1) is 6.54 Å². The van der Waals surface area contributed by atoms with Crippen LogP contribution in [0.25, 0.3) is 16.2 Å². The molecule has 35 heavy (non-hydrogen) atoms.